The van der Waals surface area contributed by atoms with Crippen molar-refractivity contribution in [2.75, 3.05) is 0 Å². The lowest BCUT2D eigenvalue weighted by Crippen LogP contribution is -1.91. The molecule has 0 amide bonds. The molecule has 0 fully saturated rings. The zero-order valence-electron chi connectivity index (χ0n) is 26.2. The molecule has 3 heterocycles. The first-order valence-electron chi connectivity index (χ1n) is 16.6. The van der Waals surface area contributed by atoms with Gasteiger partial charge in [-0.3, -0.25) is 0 Å². The van der Waals surface area contributed by atoms with Crippen LogP contribution >= 0.6 is 0 Å². The van der Waals surface area contributed by atoms with Crippen LogP contribution in [0.15, 0.2) is 171 Å². The highest BCUT2D eigenvalue weighted by Gasteiger charge is 2.23. The van der Waals surface area contributed by atoms with E-state index in [-0.39, 0.29) is 0 Å². The van der Waals surface area contributed by atoms with Crippen LogP contribution in [0.4, 0.5) is 0 Å². The Balaban J connectivity index is 1.24. The Morgan fingerprint density at radius 3 is 1.47 bits per heavy atom. The van der Waals surface area contributed by atoms with E-state index in [0.29, 0.717) is 0 Å². The van der Waals surface area contributed by atoms with Gasteiger partial charge in [0.15, 0.2) is 0 Å². The summed E-state index contributed by atoms with van der Waals surface area (Å²) in [7, 11) is 0. The molecular formula is C46H26O3. The smallest absolute Gasteiger partial charge is 0.146 e. The maximum absolute atomic E-state index is 6.70. The van der Waals surface area contributed by atoms with E-state index in [0.717, 1.165) is 71.7 Å². The van der Waals surface area contributed by atoms with E-state index in [1.807, 2.05) is 30.3 Å². The van der Waals surface area contributed by atoms with Crippen molar-refractivity contribution in [1.29, 1.82) is 0 Å². The summed E-state index contributed by atoms with van der Waals surface area (Å²) in [6.07, 6.45) is 0. The summed E-state index contributed by atoms with van der Waals surface area (Å²) in [6.45, 7) is 0. The molecule has 3 heteroatoms. The van der Waals surface area contributed by atoms with Crippen molar-refractivity contribution >= 4 is 76.4 Å². The fraction of sp³-hybridized carbons (Fsp3) is 0. The minimum absolute atomic E-state index is 0.813. The minimum Gasteiger partial charge on any atom is -0.456 e. The number of hydrogen-bond donors (Lipinski definition) is 0. The molecule has 0 saturated heterocycles. The Morgan fingerprint density at radius 1 is 0.306 bits per heavy atom. The molecule has 0 radical (unpaired) electrons. The maximum Gasteiger partial charge on any atom is 0.146 e. The van der Waals surface area contributed by atoms with Crippen molar-refractivity contribution in [2.45, 2.75) is 0 Å². The third kappa shape index (κ3) is 3.73. The lowest BCUT2D eigenvalue weighted by Gasteiger charge is -2.18. The fourth-order valence-electron chi connectivity index (χ4n) is 8.04. The minimum atomic E-state index is 0.813. The van der Waals surface area contributed by atoms with E-state index in [2.05, 4.69) is 127 Å². The van der Waals surface area contributed by atoms with Crippen LogP contribution in [0.1, 0.15) is 0 Å². The van der Waals surface area contributed by atoms with Gasteiger partial charge in [-0.15, -0.1) is 0 Å². The first-order chi connectivity index (χ1) is 24.3. The Labute approximate surface area is 280 Å². The number of benzene rings is 8. The standard InChI is InChI=1S/C46H26O3/c1-2-12-27(13-3-1)41-26-36-38(48-41)25-24-35-45-34(20-11-23-40(45)49-46(35)36)43-30-16-6-4-14-28(30)42(29-15-5-7-17-31(29)43)33-19-10-22-39-44(33)32-18-8-9-21-37(32)47-39/h1-26H. The zero-order valence-corrected chi connectivity index (χ0v) is 26.2. The molecule has 0 unspecified atom stereocenters. The molecule has 0 N–H and O–H groups in total. The highest BCUT2D eigenvalue weighted by Crippen LogP contribution is 2.49. The predicted molar refractivity (Wildman–Crippen MR) is 202 cm³/mol. The number of furan rings is 3. The highest BCUT2D eigenvalue weighted by molar-refractivity contribution is 6.29. The van der Waals surface area contributed by atoms with Crippen LogP contribution in [-0.2, 0) is 0 Å². The van der Waals surface area contributed by atoms with Gasteiger partial charge in [-0.2, -0.15) is 0 Å². The maximum atomic E-state index is 6.70. The Hall–Kier alpha value is -6.58. The molecule has 0 aliphatic carbocycles. The largest absolute Gasteiger partial charge is 0.456 e. The zero-order chi connectivity index (χ0) is 32.1. The van der Waals surface area contributed by atoms with Crippen LogP contribution in [0.25, 0.3) is 110 Å². The summed E-state index contributed by atoms with van der Waals surface area (Å²) in [5.74, 6) is 0.830. The molecule has 11 rings (SSSR count). The van der Waals surface area contributed by atoms with Crippen LogP contribution < -0.4 is 0 Å². The lowest BCUT2D eigenvalue weighted by molar-refractivity contribution is 0.631. The molecule has 49 heavy (non-hydrogen) atoms. The molecular weight excluding hydrogens is 601 g/mol. The van der Waals surface area contributed by atoms with Gasteiger partial charge in [0.2, 0.25) is 0 Å². The van der Waals surface area contributed by atoms with E-state index >= 15 is 0 Å². The molecule has 0 spiro atoms. The summed E-state index contributed by atoms with van der Waals surface area (Å²) in [5, 5.41) is 10.2. The number of para-hydroxylation sites is 1. The molecule has 0 saturated carbocycles. The molecule has 0 aliphatic heterocycles. The van der Waals surface area contributed by atoms with Crippen LogP contribution in [0.3, 0.4) is 0 Å². The second-order valence-corrected chi connectivity index (χ2v) is 12.7. The average Bonchev–Trinajstić information content (AvgIpc) is 3.88. The van der Waals surface area contributed by atoms with Gasteiger partial charge in [0.05, 0.1) is 5.39 Å². The van der Waals surface area contributed by atoms with Gasteiger partial charge in [-0.25, -0.2) is 0 Å². The van der Waals surface area contributed by atoms with Crippen molar-refractivity contribution in [3.05, 3.63) is 158 Å². The van der Waals surface area contributed by atoms with Gasteiger partial charge in [0.25, 0.3) is 0 Å². The average molecular weight is 627 g/mol. The van der Waals surface area contributed by atoms with E-state index < -0.39 is 0 Å². The normalized spacial score (nSPS) is 12.1. The van der Waals surface area contributed by atoms with Crippen LogP contribution in [-0.4, -0.2) is 0 Å². The van der Waals surface area contributed by atoms with Crippen molar-refractivity contribution in [2.24, 2.45) is 0 Å². The Morgan fingerprint density at radius 2 is 0.816 bits per heavy atom. The summed E-state index contributed by atoms with van der Waals surface area (Å²) in [5.41, 5.74) is 10.1. The summed E-state index contributed by atoms with van der Waals surface area (Å²) >= 11 is 0. The van der Waals surface area contributed by atoms with Crippen LogP contribution in [0.2, 0.25) is 0 Å². The lowest BCUT2D eigenvalue weighted by atomic mass is 9.84. The summed E-state index contributed by atoms with van der Waals surface area (Å²) in [6, 6.07) is 55.3. The van der Waals surface area contributed by atoms with Gasteiger partial charge in [-0.05, 0) is 80.2 Å². The molecule has 3 aromatic heterocycles. The molecule has 11 aromatic rings. The Kier molecular flexibility index (Phi) is 5.38. The number of hydrogen-bond acceptors (Lipinski definition) is 3. The number of fused-ring (bicyclic) bond motifs is 10. The molecule has 0 aliphatic rings. The van der Waals surface area contributed by atoms with Crippen molar-refractivity contribution in [3.8, 4) is 33.6 Å². The molecule has 228 valence electrons. The van der Waals surface area contributed by atoms with Crippen molar-refractivity contribution in [3.63, 3.8) is 0 Å². The SMILES string of the molecule is c1ccc(-c2cc3c(ccc4c3oc3cccc(-c5c6ccccc6c(-c6cccc7oc8ccccc8c67)c6ccccc56)c34)o2)cc1. The van der Waals surface area contributed by atoms with E-state index in [1.165, 1.54) is 38.2 Å². The van der Waals surface area contributed by atoms with E-state index in [1.54, 1.807) is 0 Å². The van der Waals surface area contributed by atoms with E-state index in [9.17, 15) is 0 Å². The molecule has 0 bridgehead atoms. The summed E-state index contributed by atoms with van der Waals surface area (Å²) < 4.78 is 19.4. The first kappa shape index (κ1) is 26.5. The molecule has 8 aromatic carbocycles. The van der Waals surface area contributed by atoms with Gasteiger partial charge in [0, 0.05) is 27.1 Å². The molecule has 0 atom stereocenters. The third-order valence-electron chi connectivity index (χ3n) is 10.1. The van der Waals surface area contributed by atoms with Gasteiger partial charge in [0.1, 0.15) is 33.7 Å². The second-order valence-electron chi connectivity index (χ2n) is 12.7. The van der Waals surface area contributed by atoms with Crippen LogP contribution in [0.5, 0.6) is 0 Å². The predicted octanol–water partition coefficient (Wildman–Crippen LogP) is 13.5. The topological polar surface area (TPSA) is 39.4 Å². The first-order valence-corrected chi connectivity index (χ1v) is 16.6. The van der Waals surface area contributed by atoms with E-state index in [4.69, 9.17) is 13.3 Å². The summed E-state index contributed by atoms with van der Waals surface area (Å²) in [4.78, 5) is 0. The van der Waals surface area contributed by atoms with Gasteiger partial charge < -0.3 is 13.3 Å². The second kappa shape index (κ2) is 9.96. The third-order valence-corrected chi connectivity index (χ3v) is 10.1. The van der Waals surface area contributed by atoms with Gasteiger partial charge in [-0.1, -0.05) is 121 Å². The van der Waals surface area contributed by atoms with Crippen molar-refractivity contribution < 1.29 is 13.3 Å². The quantitative estimate of drug-likeness (QED) is 0.183. The monoisotopic (exact) mass is 626 g/mol. The Bertz CT molecular complexity index is 3040. The fourth-order valence-corrected chi connectivity index (χ4v) is 8.04. The van der Waals surface area contributed by atoms with Crippen molar-refractivity contribution in [1.82, 2.24) is 0 Å². The van der Waals surface area contributed by atoms with Gasteiger partial charge >= 0.3 is 0 Å². The molecule has 3 nitrogen and oxygen atoms in total. The van der Waals surface area contributed by atoms with Crippen LogP contribution in [0, 0.1) is 0 Å². The number of rotatable bonds is 3. The highest BCUT2D eigenvalue weighted by atomic mass is 16.3.